The van der Waals surface area contributed by atoms with Gasteiger partial charge in [-0.1, -0.05) is 93.5 Å². The topological polar surface area (TPSA) is 50.5 Å². The van der Waals surface area contributed by atoms with Gasteiger partial charge in [0.1, 0.15) is 0 Å². The van der Waals surface area contributed by atoms with E-state index in [1.165, 1.54) is 55.6 Å². The van der Waals surface area contributed by atoms with Gasteiger partial charge in [0.05, 0.1) is 35.2 Å². The van der Waals surface area contributed by atoms with Crippen molar-refractivity contribution in [3.05, 3.63) is 130 Å². The van der Waals surface area contributed by atoms with Crippen molar-refractivity contribution in [1.82, 2.24) is 9.97 Å². The molecule has 56 heavy (non-hydrogen) atoms. The fourth-order valence-electron chi connectivity index (χ4n) is 6.76. The average molecular weight is 1200 g/mol. The Morgan fingerprint density at radius 1 is 0.446 bits per heavy atom. The second-order valence-corrected chi connectivity index (χ2v) is 15.0. The number of pyridine rings is 2. The average Bonchev–Trinajstić information content (AvgIpc) is 3.09. The summed E-state index contributed by atoms with van der Waals surface area (Å²) in [5.41, 5.74) is 16.6. The molecule has 0 fully saturated rings. The van der Waals surface area contributed by atoms with E-state index in [1.54, 1.807) is 0 Å². The van der Waals surface area contributed by atoms with Crippen LogP contribution in [-0.2, 0) is 40.8 Å². The summed E-state index contributed by atoms with van der Waals surface area (Å²) in [5.74, 6) is 1.49. The van der Waals surface area contributed by atoms with E-state index < -0.39 is 0 Å². The second kappa shape index (κ2) is 25.9. The molecule has 4 nitrogen and oxygen atoms in total. The van der Waals surface area contributed by atoms with E-state index in [2.05, 4.69) is 123 Å². The van der Waals surface area contributed by atoms with Gasteiger partial charge in [0.25, 0.3) is 0 Å². The maximum Gasteiger partial charge on any atom is 2.00 e. The van der Waals surface area contributed by atoms with Gasteiger partial charge < -0.3 is 67.9 Å². The molecule has 0 radical (unpaired) electrons. The smallest absolute Gasteiger partial charge is 1.00 e. The van der Waals surface area contributed by atoms with Crippen LogP contribution in [-0.4, -0.2) is 22.4 Å². The minimum atomic E-state index is 0. The number of hydrogen-bond acceptors (Lipinski definition) is 4. The van der Waals surface area contributed by atoms with Crippen molar-refractivity contribution in [2.45, 2.75) is 106 Å². The third-order valence-corrected chi connectivity index (χ3v) is 9.50. The van der Waals surface area contributed by atoms with Gasteiger partial charge in [0, 0.05) is 12.4 Å². The van der Waals surface area contributed by atoms with Crippen molar-refractivity contribution in [1.29, 1.82) is 0 Å². The van der Waals surface area contributed by atoms with Crippen molar-refractivity contribution < 1.29 is 109 Å². The van der Waals surface area contributed by atoms with Crippen LogP contribution in [0.3, 0.4) is 0 Å². The van der Waals surface area contributed by atoms with Crippen molar-refractivity contribution in [2.75, 3.05) is 0 Å². The van der Waals surface area contributed by atoms with Gasteiger partial charge in [-0.2, -0.15) is 0 Å². The van der Waals surface area contributed by atoms with Crippen molar-refractivity contribution in [2.24, 2.45) is 9.98 Å². The number of nitrogens with zero attached hydrogens (tertiary/aromatic N) is 4. The van der Waals surface area contributed by atoms with Gasteiger partial charge in [-0.3, -0.25) is 20.0 Å². The Hall–Kier alpha value is -1.46. The Kier molecular flexibility index (Phi) is 26.2. The minimum Gasteiger partial charge on any atom is -1.00 e. The molecule has 2 heterocycles. The Labute approximate surface area is 406 Å². The molecule has 0 aliphatic rings. The number of aromatic nitrogens is 2. The summed E-state index contributed by atoms with van der Waals surface area (Å²) in [6.45, 7) is 25.1. The van der Waals surface area contributed by atoms with Gasteiger partial charge in [0.2, 0.25) is 0 Å². The predicted octanol–water partition coefficient (Wildman–Crippen LogP) is 1.25. The molecule has 2 aromatic heterocycles. The quantitative estimate of drug-likeness (QED) is 0.148. The Bertz CT molecular complexity index is 1960. The summed E-state index contributed by atoms with van der Waals surface area (Å²) in [6.07, 6.45) is 7.45. The molecule has 0 N–H and O–H groups in total. The van der Waals surface area contributed by atoms with E-state index in [0.29, 0.717) is 5.92 Å². The fraction of sp³-hybridized carbons (Fsp3) is 0.348. The summed E-state index contributed by atoms with van der Waals surface area (Å²) < 4.78 is 0. The van der Waals surface area contributed by atoms with Crippen LogP contribution in [0.1, 0.15) is 144 Å². The summed E-state index contributed by atoms with van der Waals surface area (Å²) in [6, 6.07) is 26.2. The molecule has 0 amide bonds. The molecular weight excluding hydrogens is 1140 g/mol. The van der Waals surface area contributed by atoms with Crippen LogP contribution in [0.25, 0.3) is 22.3 Å². The van der Waals surface area contributed by atoms with Crippen LogP contribution in [0.4, 0.5) is 11.4 Å². The molecule has 3 aromatic carbocycles. The standard InChI is InChI=1S/C46H54N4.4BrH.2Pd/c1-28(2)38-19-18-33(11)43(34-22-39(29(3)4)45(40(23-34)30(5)6)49-26-36-16-12-14-20-47-36)44(38)35-24-41(31(7)8)46(42(25-35)32(9)10)50-27-37-17-13-15-21-48-37;;;;;;/h12-32H,1-11H3;4*1H;;/q;;;;;2*+2/p-4. The number of halogens is 4. The molecular formula is C46H54Br4N4Pd2. The molecule has 0 aliphatic heterocycles. The first-order valence-corrected chi connectivity index (χ1v) is 18.3. The number of aryl methyl sites for hydroxylation is 1. The molecule has 0 atom stereocenters. The van der Waals surface area contributed by atoms with Crippen LogP contribution >= 0.6 is 0 Å². The first-order valence-electron chi connectivity index (χ1n) is 18.3. The number of aliphatic imine (C=N–C) groups is 2. The third kappa shape index (κ3) is 13.5. The Balaban J connectivity index is 0. The molecule has 0 saturated carbocycles. The first-order chi connectivity index (χ1) is 23.9. The van der Waals surface area contributed by atoms with Crippen molar-refractivity contribution >= 4 is 23.8 Å². The number of benzene rings is 3. The van der Waals surface area contributed by atoms with Gasteiger partial charge in [-0.15, -0.1) is 0 Å². The predicted molar refractivity (Wildman–Crippen MR) is 215 cm³/mol. The third-order valence-electron chi connectivity index (χ3n) is 9.50. The first kappa shape index (κ1) is 56.6. The molecule has 306 valence electrons. The minimum absolute atomic E-state index is 0. The van der Waals surface area contributed by atoms with E-state index >= 15 is 0 Å². The van der Waals surface area contributed by atoms with Crippen molar-refractivity contribution in [3.8, 4) is 22.3 Å². The SMILES string of the molecule is Cc1ccc(C(C)C)c(-c2cc(C(C)C)c(N=Cc3ccccn3)c(C(C)C)c2)c1-c1cc(C(C)C)c(N=Cc2ccccn2)c(C(C)C)c1.[Br-].[Br-].[Br-].[Br-].[Pd+2].[Pd+2]. The molecule has 5 rings (SSSR count). The largest absolute Gasteiger partial charge is 2.00 e. The van der Waals surface area contributed by atoms with E-state index in [1.807, 2.05) is 61.2 Å². The van der Waals surface area contributed by atoms with Crippen LogP contribution in [0.5, 0.6) is 0 Å². The summed E-state index contributed by atoms with van der Waals surface area (Å²) in [5, 5.41) is 0. The monoisotopic (exact) mass is 1190 g/mol. The molecule has 0 unspecified atom stereocenters. The van der Waals surface area contributed by atoms with Crippen LogP contribution in [0.15, 0.2) is 95.2 Å². The zero-order valence-electron chi connectivity index (χ0n) is 34.1. The van der Waals surface area contributed by atoms with Crippen LogP contribution in [0.2, 0.25) is 0 Å². The summed E-state index contributed by atoms with van der Waals surface area (Å²) in [4.78, 5) is 19.2. The maximum absolute atomic E-state index is 5.12. The van der Waals surface area contributed by atoms with E-state index in [9.17, 15) is 0 Å². The van der Waals surface area contributed by atoms with Crippen molar-refractivity contribution in [3.63, 3.8) is 0 Å². The second-order valence-electron chi connectivity index (χ2n) is 15.0. The van der Waals surface area contributed by atoms with Gasteiger partial charge in [0.15, 0.2) is 0 Å². The van der Waals surface area contributed by atoms with E-state index in [0.717, 1.165) is 22.8 Å². The van der Waals surface area contributed by atoms with E-state index in [4.69, 9.17) is 9.98 Å². The maximum atomic E-state index is 5.12. The number of rotatable bonds is 11. The summed E-state index contributed by atoms with van der Waals surface area (Å²) in [7, 11) is 0. The Morgan fingerprint density at radius 2 is 0.786 bits per heavy atom. The van der Waals surface area contributed by atoms with E-state index in [-0.39, 0.29) is 132 Å². The molecule has 0 saturated heterocycles. The normalized spacial score (nSPS) is 10.9. The zero-order valence-corrected chi connectivity index (χ0v) is 43.5. The zero-order chi connectivity index (χ0) is 36.1. The molecule has 0 aliphatic carbocycles. The summed E-state index contributed by atoms with van der Waals surface area (Å²) >= 11 is 0. The molecule has 0 spiro atoms. The fourth-order valence-corrected chi connectivity index (χ4v) is 6.76. The molecule has 5 aromatic rings. The van der Waals surface area contributed by atoms with Gasteiger partial charge >= 0.3 is 40.8 Å². The van der Waals surface area contributed by atoms with Crippen LogP contribution in [0, 0.1) is 6.92 Å². The van der Waals surface area contributed by atoms with Gasteiger partial charge in [-0.25, -0.2) is 0 Å². The number of hydrogen-bond donors (Lipinski definition) is 0. The van der Waals surface area contributed by atoms with Crippen LogP contribution < -0.4 is 67.9 Å². The molecule has 0 bridgehead atoms. The molecule has 10 heteroatoms. The van der Waals surface area contributed by atoms with Gasteiger partial charge in [-0.05, 0) is 141 Å². The Morgan fingerprint density at radius 3 is 1.09 bits per heavy atom.